The lowest BCUT2D eigenvalue weighted by Gasteiger charge is -2.37. The smallest absolute Gasteiger partial charge is 0.319 e. The first-order valence-corrected chi connectivity index (χ1v) is 10.0. The number of imidazole rings is 1. The second-order valence-corrected chi connectivity index (χ2v) is 8.42. The Hall–Kier alpha value is -1.97. The number of nitrogens with one attached hydrogen (secondary N) is 1. The van der Waals surface area contributed by atoms with Crippen LogP contribution >= 0.6 is 11.9 Å². The van der Waals surface area contributed by atoms with Gasteiger partial charge in [-0.05, 0) is 37.8 Å². The number of carbonyl (C=O) groups is 1. The minimum atomic E-state index is -0.720. The highest BCUT2D eigenvalue weighted by atomic mass is 32.2. The van der Waals surface area contributed by atoms with E-state index < -0.39 is 5.72 Å². The van der Waals surface area contributed by atoms with Crippen molar-refractivity contribution >= 4 is 29.3 Å². The second-order valence-electron chi connectivity index (χ2n) is 7.54. The van der Waals surface area contributed by atoms with Gasteiger partial charge in [-0.25, -0.2) is 14.5 Å². The average Bonchev–Trinajstić information content (AvgIpc) is 3.30. The van der Waals surface area contributed by atoms with E-state index in [0.717, 1.165) is 47.9 Å². The standard InChI is InChI=1S/C18H26N6O2S/c1-13-11-19-16-15(22-6-8-23(9-7-22)17(25)21(2)3)10-14(12-24(13)16)27-20-18(26)4-5-18/h10-12,20,26H,4-9H2,1-3H3. The summed E-state index contributed by atoms with van der Waals surface area (Å²) in [5.74, 6) is 0. The van der Waals surface area contributed by atoms with Crippen LogP contribution in [0.25, 0.3) is 5.65 Å². The summed E-state index contributed by atoms with van der Waals surface area (Å²) in [5, 5.41) is 10.1. The Bertz CT molecular complexity index is 855. The van der Waals surface area contributed by atoms with E-state index in [1.165, 1.54) is 11.9 Å². The van der Waals surface area contributed by atoms with Gasteiger partial charge < -0.3 is 24.2 Å². The maximum absolute atomic E-state index is 12.2. The van der Waals surface area contributed by atoms with Crippen LogP contribution < -0.4 is 9.62 Å². The van der Waals surface area contributed by atoms with E-state index in [0.29, 0.717) is 13.1 Å². The van der Waals surface area contributed by atoms with Crippen LogP contribution in [0.15, 0.2) is 23.4 Å². The molecule has 2 aliphatic rings. The highest BCUT2D eigenvalue weighted by Crippen LogP contribution is 2.36. The third kappa shape index (κ3) is 3.71. The molecule has 1 saturated carbocycles. The van der Waals surface area contributed by atoms with E-state index in [-0.39, 0.29) is 6.03 Å². The molecule has 3 heterocycles. The number of aromatic nitrogens is 2. The molecule has 0 unspecified atom stereocenters. The molecular formula is C18H26N6O2S. The summed E-state index contributed by atoms with van der Waals surface area (Å²) in [6, 6.07) is 2.18. The van der Waals surface area contributed by atoms with Crippen molar-refractivity contribution in [1.29, 1.82) is 0 Å². The van der Waals surface area contributed by atoms with Crippen LogP contribution in [0.1, 0.15) is 18.5 Å². The summed E-state index contributed by atoms with van der Waals surface area (Å²) in [5.41, 5.74) is 2.34. The SMILES string of the molecule is Cc1cnc2c(N3CCN(C(=O)N(C)C)CC3)cc(SNC3(O)CC3)cn12. The van der Waals surface area contributed by atoms with Crippen LogP contribution in [-0.2, 0) is 0 Å². The zero-order valence-corrected chi connectivity index (χ0v) is 16.8. The summed E-state index contributed by atoms with van der Waals surface area (Å²) in [6.45, 7) is 4.96. The van der Waals surface area contributed by atoms with Gasteiger partial charge in [0.05, 0.1) is 5.69 Å². The summed E-state index contributed by atoms with van der Waals surface area (Å²) in [4.78, 5) is 23.6. The molecule has 0 radical (unpaired) electrons. The number of anilines is 1. The van der Waals surface area contributed by atoms with E-state index in [1.54, 1.807) is 19.0 Å². The topological polar surface area (TPSA) is 76.4 Å². The van der Waals surface area contributed by atoms with Crippen molar-refractivity contribution in [2.24, 2.45) is 0 Å². The third-order valence-corrected chi connectivity index (χ3v) is 6.04. The maximum atomic E-state index is 12.2. The zero-order chi connectivity index (χ0) is 19.2. The van der Waals surface area contributed by atoms with Gasteiger partial charge in [-0.15, -0.1) is 0 Å². The quantitative estimate of drug-likeness (QED) is 0.609. The molecule has 2 N–H and O–H groups in total. The lowest BCUT2D eigenvalue weighted by molar-refractivity contribution is 0.142. The van der Waals surface area contributed by atoms with Gasteiger partial charge in [0.1, 0.15) is 5.72 Å². The van der Waals surface area contributed by atoms with Crippen LogP contribution in [0.3, 0.4) is 0 Å². The highest BCUT2D eigenvalue weighted by Gasteiger charge is 2.40. The molecule has 1 aliphatic heterocycles. The Labute approximate surface area is 163 Å². The van der Waals surface area contributed by atoms with E-state index >= 15 is 0 Å². The largest absolute Gasteiger partial charge is 0.375 e. The van der Waals surface area contributed by atoms with Crippen molar-refractivity contribution < 1.29 is 9.90 Å². The number of pyridine rings is 1. The fourth-order valence-electron chi connectivity index (χ4n) is 3.25. The number of rotatable bonds is 4. The molecule has 27 heavy (non-hydrogen) atoms. The number of fused-ring (bicyclic) bond motifs is 1. The molecule has 146 valence electrons. The molecule has 2 aromatic heterocycles. The number of amides is 2. The van der Waals surface area contributed by atoms with Crippen molar-refractivity contribution in [3.8, 4) is 0 Å². The van der Waals surface area contributed by atoms with Crippen molar-refractivity contribution in [2.45, 2.75) is 30.4 Å². The van der Waals surface area contributed by atoms with Gasteiger partial charge in [-0.3, -0.25) is 0 Å². The van der Waals surface area contributed by atoms with E-state index in [1.807, 2.05) is 18.0 Å². The molecule has 0 spiro atoms. The average molecular weight is 391 g/mol. The number of aryl methyl sites for hydroxylation is 1. The number of piperazine rings is 1. The first-order chi connectivity index (χ1) is 12.9. The molecule has 0 bridgehead atoms. The van der Waals surface area contributed by atoms with E-state index in [2.05, 4.69) is 31.3 Å². The van der Waals surface area contributed by atoms with Gasteiger partial charge >= 0.3 is 6.03 Å². The highest BCUT2D eigenvalue weighted by molar-refractivity contribution is 7.97. The minimum Gasteiger partial charge on any atom is -0.375 e. The van der Waals surface area contributed by atoms with Gasteiger partial charge in [-0.1, -0.05) is 0 Å². The monoisotopic (exact) mass is 390 g/mol. The van der Waals surface area contributed by atoms with Gasteiger partial charge in [0.15, 0.2) is 5.65 Å². The van der Waals surface area contributed by atoms with Gasteiger partial charge in [-0.2, -0.15) is 0 Å². The third-order valence-electron chi connectivity index (χ3n) is 5.10. The fourth-order valence-corrected chi connectivity index (χ4v) is 4.09. The normalized spacial score (nSPS) is 18.8. The molecule has 1 aliphatic carbocycles. The van der Waals surface area contributed by atoms with Crippen molar-refractivity contribution in [3.05, 3.63) is 24.2 Å². The van der Waals surface area contributed by atoms with Gasteiger partial charge in [0.2, 0.25) is 0 Å². The summed E-state index contributed by atoms with van der Waals surface area (Å²) in [7, 11) is 3.57. The summed E-state index contributed by atoms with van der Waals surface area (Å²) in [6.07, 6.45) is 5.51. The van der Waals surface area contributed by atoms with Crippen molar-refractivity contribution in [2.75, 3.05) is 45.2 Å². The Balaban J connectivity index is 1.56. The number of urea groups is 1. The maximum Gasteiger partial charge on any atom is 0.319 e. The number of aliphatic hydroxyl groups is 1. The Morgan fingerprint density at radius 2 is 2.00 bits per heavy atom. The van der Waals surface area contributed by atoms with Crippen LogP contribution in [0, 0.1) is 6.92 Å². The molecule has 0 aromatic carbocycles. The number of nitrogens with zero attached hydrogens (tertiary/aromatic N) is 5. The molecule has 2 fully saturated rings. The number of carbonyl (C=O) groups excluding carboxylic acids is 1. The first kappa shape index (κ1) is 18.4. The fraction of sp³-hybridized carbons (Fsp3) is 0.556. The van der Waals surface area contributed by atoms with E-state index in [9.17, 15) is 9.90 Å². The minimum absolute atomic E-state index is 0.0580. The Kier molecular flexibility index (Phi) is 4.69. The Morgan fingerprint density at radius 3 is 2.63 bits per heavy atom. The molecule has 0 atom stereocenters. The molecular weight excluding hydrogens is 364 g/mol. The van der Waals surface area contributed by atoms with E-state index in [4.69, 9.17) is 0 Å². The second kappa shape index (κ2) is 6.88. The summed E-state index contributed by atoms with van der Waals surface area (Å²) < 4.78 is 5.24. The van der Waals surface area contributed by atoms with Crippen LogP contribution in [0.4, 0.5) is 10.5 Å². The number of hydrogen-bond acceptors (Lipinski definition) is 6. The first-order valence-electron chi connectivity index (χ1n) is 9.22. The number of hydrogen-bond donors (Lipinski definition) is 2. The molecule has 9 heteroatoms. The van der Waals surface area contributed by atoms with Crippen molar-refractivity contribution in [3.63, 3.8) is 0 Å². The lowest BCUT2D eigenvalue weighted by atomic mass is 10.2. The van der Waals surface area contributed by atoms with Crippen LogP contribution in [-0.4, -0.2) is 76.3 Å². The van der Waals surface area contributed by atoms with Crippen LogP contribution in [0.2, 0.25) is 0 Å². The van der Waals surface area contributed by atoms with Crippen LogP contribution in [0.5, 0.6) is 0 Å². The molecule has 8 nitrogen and oxygen atoms in total. The molecule has 2 aromatic rings. The van der Waals surface area contributed by atoms with Crippen molar-refractivity contribution in [1.82, 2.24) is 23.9 Å². The summed E-state index contributed by atoms with van der Waals surface area (Å²) >= 11 is 1.46. The molecule has 2 amide bonds. The predicted molar refractivity (Wildman–Crippen MR) is 106 cm³/mol. The predicted octanol–water partition coefficient (Wildman–Crippen LogP) is 1.53. The van der Waals surface area contributed by atoms with Gasteiger partial charge in [0, 0.05) is 63.3 Å². The lowest BCUT2D eigenvalue weighted by Crippen LogP contribution is -2.51. The molecule has 4 rings (SSSR count). The molecule has 1 saturated heterocycles. The van der Waals surface area contributed by atoms with Gasteiger partial charge in [0.25, 0.3) is 0 Å². The Morgan fingerprint density at radius 1 is 1.30 bits per heavy atom. The zero-order valence-electron chi connectivity index (χ0n) is 16.0.